The van der Waals surface area contributed by atoms with Gasteiger partial charge in [0.15, 0.2) is 0 Å². The highest BCUT2D eigenvalue weighted by molar-refractivity contribution is 6.04. The van der Waals surface area contributed by atoms with Crippen LogP contribution < -0.4 is 0 Å². The van der Waals surface area contributed by atoms with Crippen LogP contribution in [-0.2, 0) is 11.3 Å². The summed E-state index contributed by atoms with van der Waals surface area (Å²) in [7, 11) is 1.44. The molecule has 0 bridgehead atoms. The molecule has 6 heteroatoms. The molecule has 0 radical (unpaired) electrons. The van der Waals surface area contributed by atoms with Gasteiger partial charge in [0.05, 0.1) is 12.7 Å². The van der Waals surface area contributed by atoms with Crippen molar-refractivity contribution in [2.75, 3.05) is 52.9 Å². The molecule has 2 aromatic rings. The highest BCUT2D eigenvalue weighted by Crippen LogP contribution is 2.22. The van der Waals surface area contributed by atoms with Gasteiger partial charge < -0.3 is 14.2 Å². The number of aryl methyl sites for hydroxylation is 1. The van der Waals surface area contributed by atoms with E-state index in [1.54, 1.807) is 0 Å². The Morgan fingerprint density at radius 2 is 1.58 bits per heavy atom. The van der Waals surface area contributed by atoms with Gasteiger partial charge in [-0.2, -0.15) is 0 Å². The second-order valence-electron chi connectivity index (χ2n) is 9.21. The molecule has 1 aromatic heterocycles. The van der Waals surface area contributed by atoms with Gasteiger partial charge in [-0.25, -0.2) is 4.79 Å². The summed E-state index contributed by atoms with van der Waals surface area (Å²) in [6.45, 7) is 18.1. The topological polar surface area (TPSA) is 41.0 Å². The van der Waals surface area contributed by atoms with E-state index in [2.05, 4.69) is 53.0 Å². The van der Waals surface area contributed by atoms with Crippen LogP contribution in [0.3, 0.4) is 0 Å². The molecule has 6 nitrogen and oxygen atoms in total. The maximum absolute atomic E-state index is 12.1. The Bertz CT molecular complexity index is 829. The standard InChI is InChI=1S/C25H40N4O2/c1-20(2)29(21(3)4)18-17-27-15-13-26(14-16-27)11-8-12-28-19-23(25(30)31-5)22-9-6-7-10-24(22)28/h6-7,9-10,19-21H,8,11-18H2,1-5H3. The molecule has 0 atom stereocenters. The van der Waals surface area contributed by atoms with Crippen molar-refractivity contribution in [3.8, 4) is 0 Å². The number of ether oxygens (including phenoxy) is 1. The Balaban J connectivity index is 1.45. The van der Waals surface area contributed by atoms with E-state index in [9.17, 15) is 4.79 Å². The first-order valence-corrected chi connectivity index (χ1v) is 11.8. The van der Waals surface area contributed by atoms with E-state index < -0.39 is 0 Å². The fraction of sp³-hybridized carbons (Fsp3) is 0.640. The van der Waals surface area contributed by atoms with Crippen LogP contribution in [0.2, 0.25) is 0 Å². The number of esters is 1. The number of aromatic nitrogens is 1. The van der Waals surface area contributed by atoms with Crippen molar-refractivity contribution in [3.63, 3.8) is 0 Å². The van der Waals surface area contributed by atoms with Crippen molar-refractivity contribution in [2.24, 2.45) is 0 Å². The molecular weight excluding hydrogens is 388 g/mol. The molecule has 1 fully saturated rings. The Hall–Kier alpha value is -1.89. The first-order valence-electron chi connectivity index (χ1n) is 11.8. The Morgan fingerprint density at radius 1 is 0.968 bits per heavy atom. The number of benzene rings is 1. The predicted octanol–water partition coefficient (Wildman–Crippen LogP) is 3.55. The summed E-state index contributed by atoms with van der Waals surface area (Å²) in [4.78, 5) is 19.9. The molecule has 31 heavy (non-hydrogen) atoms. The van der Waals surface area contributed by atoms with Crippen molar-refractivity contribution < 1.29 is 9.53 Å². The van der Waals surface area contributed by atoms with E-state index >= 15 is 0 Å². The third-order valence-corrected chi connectivity index (χ3v) is 6.53. The SMILES string of the molecule is COC(=O)c1cn(CCCN2CCN(CCN(C(C)C)C(C)C)CC2)c2ccccc12. The van der Waals surface area contributed by atoms with Crippen molar-refractivity contribution in [1.29, 1.82) is 0 Å². The summed E-state index contributed by atoms with van der Waals surface area (Å²) in [5, 5.41) is 0.972. The molecule has 2 heterocycles. The number of methoxy groups -OCH3 is 1. The van der Waals surface area contributed by atoms with E-state index in [4.69, 9.17) is 4.74 Å². The largest absolute Gasteiger partial charge is 0.465 e. The minimum absolute atomic E-state index is 0.264. The van der Waals surface area contributed by atoms with Gasteiger partial charge in [0.25, 0.3) is 0 Å². The number of hydrogen-bond acceptors (Lipinski definition) is 5. The van der Waals surface area contributed by atoms with Gasteiger partial charge in [-0.05, 0) is 46.7 Å². The number of nitrogens with zero attached hydrogens (tertiary/aromatic N) is 4. The lowest BCUT2D eigenvalue weighted by Gasteiger charge is -2.37. The summed E-state index contributed by atoms with van der Waals surface area (Å²) in [5.41, 5.74) is 1.76. The van der Waals surface area contributed by atoms with Gasteiger partial charge in [-0.3, -0.25) is 9.80 Å². The third-order valence-electron chi connectivity index (χ3n) is 6.53. The fourth-order valence-electron chi connectivity index (χ4n) is 4.78. The smallest absolute Gasteiger partial charge is 0.340 e. The molecular formula is C25H40N4O2. The van der Waals surface area contributed by atoms with Gasteiger partial charge in [0, 0.05) is 75.0 Å². The number of para-hydroxylation sites is 1. The van der Waals surface area contributed by atoms with Gasteiger partial charge in [0.1, 0.15) is 0 Å². The lowest BCUT2D eigenvalue weighted by molar-refractivity contribution is 0.0602. The average Bonchev–Trinajstić information content (AvgIpc) is 3.13. The van der Waals surface area contributed by atoms with Crippen molar-refractivity contribution >= 4 is 16.9 Å². The number of rotatable bonds is 10. The highest BCUT2D eigenvalue weighted by atomic mass is 16.5. The summed E-state index contributed by atoms with van der Waals surface area (Å²) in [6, 6.07) is 9.28. The molecule has 172 valence electrons. The monoisotopic (exact) mass is 428 g/mol. The first kappa shape index (κ1) is 23.8. The van der Waals surface area contributed by atoms with Gasteiger partial charge in [-0.1, -0.05) is 18.2 Å². The van der Waals surface area contributed by atoms with E-state index in [-0.39, 0.29) is 5.97 Å². The summed E-state index contributed by atoms with van der Waals surface area (Å²) in [6.07, 6.45) is 3.03. The number of carbonyl (C=O) groups is 1. The second kappa shape index (κ2) is 11.1. The molecule has 1 aliphatic heterocycles. The van der Waals surface area contributed by atoms with Crippen LogP contribution in [-0.4, -0.2) is 90.2 Å². The van der Waals surface area contributed by atoms with E-state index in [1.807, 2.05) is 24.4 Å². The molecule has 1 saturated heterocycles. The summed E-state index contributed by atoms with van der Waals surface area (Å²) < 4.78 is 7.16. The Kier molecular flexibility index (Phi) is 8.52. The number of piperazine rings is 1. The van der Waals surface area contributed by atoms with Crippen molar-refractivity contribution in [1.82, 2.24) is 19.3 Å². The predicted molar refractivity (Wildman–Crippen MR) is 128 cm³/mol. The molecule has 0 saturated carbocycles. The van der Waals surface area contributed by atoms with Crippen LogP contribution in [0.15, 0.2) is 30.5 Å². The van der Waals surface area contributed by atoms with Crippen LogP contribution in [0.25, 0.3) is 10.9 Å². The molecule has 1 aromatic carbocycles. The third kappa shape index (κ3) is 6.09. The molecule has 3 rings (SSSR count). The molecule has 0 unspecified atom stereocenters. The lowest BCUT2D eigenvalue weighted by Crippen LogP contribution is -2.50. The van der Waals surface area contributed by atoms with Gasteiger partial charge in [0.2, 0.25) is 0 Å². The van der Waals surface area contributed by atoms with Crippen LogP contribution in [0.5, 0.6) is 0 Å². The highest BCUT2D eigenvalue weighted by Gasteiger charge is 2.20. The molecule has 0 N–H and O–H groups in total. The van der Waals surface area contributed by atoms with E-state index in [1.165, 1.54) is 7.11 Å². The number of carbonyl (C=O) groups excluding carboxylic acids is 1. The van der Waals surface area contributed by atoms with Crippen LogP contribution in [0.1, 0.15) is 44.5 Å². The Morgan fingerprint density at radius 3 is 2.19 bits per heavy atom. The zero-order chi connectivity index (χ0) is 22.4. The second-order valence-corrected chi connectivity index (χ2v) is 9.21. The minimum atomic E-state index is -0.264. The van der Waals surface area contributed by atoms with Crippen LogP contribution in [0.4, 0.5) is 0 Å². The normalized spacial score (nSPS) is 16.1. The van der Waals surface area contributed by atoms with Crippen molar-refractivity contribution in [2.45, 2.75) is 52.7 Å². The first-order chi connectivity index (χ1) is 14.9. The Labute approximate surface area is 187 Å². The average molecular weight is 429 g/mol. The summed E-state index contributed by atoms with van der Waals surface area (Å²) >= 11 is 0. The molecule has 0 aliphatic carbocycles. The van der Waals surface area contributed by atoms with Gasteiger partial charge in [-0.15, -0.1) is 0 Å². The van der Waals surface area contributed by atoms with E-state index in [0.717, 1.165) is 69.7 Å². The lowest BCUT2D eigenvalue weighted by atomic mass is 10.2. The molecule has 0 amide bonds. The van der Waals surface area contributed by atoms with Gasteiger partial charge >= 0.3 is 5.97 Å². The number of fused-ring (bicyclic) bond motifs is 1. The van der Waals surface area contributed by atoms with Crippen LogP contribution in [0, 0.1) is 0 Å². The zero-order valence-electron chi connectivity index (χ0n) is 20.0. The maximum atomic E-state index is 12.1. The summed E-state index contributed by atoms with van der Waals surface area (Å²) in [5.74, 6) is -0.264. The van der Waals surface area contributed by atoms with Crippen molar-refractivity contribution in [3.05, 3.63) is 36.0 Å². The molecule has 0 spiro atoms. The minimum Gasteiger partial charge on any atom is -0.465 e. The zero-order valence-corrected chi connectivity index (χ0v) is 20.0. The quantitative estimate of drug-likeness (QED) is 0.541. The fourth-order valence-corrected chi connectivity index (χ4v) is 4.78. The van der Waals surface area contributed by atoms with Crippen LogP contribution >= 0.6 is 0 Å². The maximum Gasteiger partial charge on any atom is 0.340 e. The number of hydrogen-bond donors (Lipinski definition) is 0. The molecule has 1 aliphatic rings. The van der Waals surface area contributed by atoms with E-state index in [0.29, 0.717) is 17.6 Å².